The number of rotatable bonds is 1. The molecule has 2 nitrogen and oxygen atoms in total. The van der Waals surface area contributed by atoms with Crippen LogP contribution in [0.1, 0.15) is 57.1 Å². The van der Waals surface area contributed by atoms with Gasteiger partial charge in [-0.2, -0.15) is 0 Å². The molecule has 1 fully saturated rings. The van der Waals surface area contributed by atoms with E-state index in [-0.39, 0.29) is 5.54 Å². The summed E-state index contributed by atoms with van der Waals surface area (Å²) in [5.41, 5.74) is 4.50. The van der Waals surface area contributed by atoms with E-state index in [0.29, 0.717) is 0 Å². The molecule has 1 N–H and O–H groups in total. The van der Waals surface area contributed by atoms with E-state index in [9.17, 15) is 0 Å². The summed E-state index contributed by atoms with van der Waals surface area (Å²) in [5.74, 6) is 0. The first kappa shape index (κ1) is 13.9. The molecule has 0 unspecified atom stereocenters. The van der Waals surface area contributed by atoms with E-state index >= 15 is 0 Å². The molecule has 3 rings (SSSR count). The fourth-order valence-corrected chi connectivity index (χ4v) is 3.76. The quantitative estimate of drug-likeness (QED) is 0.831. The lowest BCUT2D eigenvalue weighted by atomic mass is 9.92. The Hall–Kier alpha value is -1.02. The molecule has 2 aliphatic rings. The highest BCUT2D eigenvalue weighted by Gasteiger charge is 2.31. The first-order valence-corrected chi connectivity index (χ1v) is 8.16. The van der Waals surface area contributed by atoms with Crippen LogP contribution in [-0.4, -0.2) is 18.1 Å². The minimum absolute atomic E-state index is 0.185. The Labute approximate surface area is 123 Å². The second-order valence-corrected chi connectivity index (χ2v) is 7.29. The van der Waals surface area contributed by atoms with Gasteiger partial charge in [0.05, 0.1) is 0 Å². The van der Waals surface area contributed by atoms with Gasteiger partial charge in [0, 0.05) is 30.4 Å². The largest absolute Gasteiger partial charge is 0.366 e. The molecular weight excluding hydrogens is 244 g/mol. The molecule has 1 aliphatic carbocycles. The van der Waals surface area contributed by atoms with Crippen molar-refractivity contribution in [1.82, 2.24) is 5.32 Å². The minimum atomic E-state index is 0.185. The Morgan fingerprint density at radius 3 is 2.65 bits per heavy atom. The number of nitrogens with zero attached hydrogens (tertiary/aromatic N) is 1. The van der Waals surface area contributed by atoms with Crippen molar-refractivity contribution in [2.75, 3.05) is 11.4 Å². The zero-order chi connectivity index (χ0) is 14.2. The number of benzene rings is 1. The minimum Gasteiger partial charge on any atom is -0.366 e. The van der Waals surface area contributed by atoms with Crippen molar-refractivity contribution in [2.45, 2.75) is 71.0 Å². The second-order valence-electron chi connectivity index (χ2n) is 7.29. The molecule has 0 atom stereocenters. The average Bonchev–Trinajstić information content (AvgIpc) is 2.57. The van der Waals surface area contributed by atoms with Crippen molar-refractivity contribution in [3.63, 3.8) is 0 Å². The SMILES string of the molecule is Cc1ccc2c(c1)CNC(C)(C)CN2C1CCCCC1. The molecule has 1 saturated carbocycles. The Morgan fingerprint density at radius 1 is 1.15 bits per heavy atom. The molecule has 1 aromatic carbocycles. The highest BCUT2D eigenvalue weighted by Crippen LogP contribution is 2.33. The van der Waals surface area contributed by atoms with E-state index in [0.717, 1.165) is 19.1 Å². The van der Waals surface area contributed by atoms with Crippen LogP contribution in [0, 0.1) is 6.92 Å². The van der Waals surface area contributed by atoms with Gasteiger partial charge in [-0.1, -0.05) is 37.0 Å². The third-order valence-corrected chi connectivity index (χ3v) is 4.88. The molecule has 20 heavy (non-hydrogen) atoms. The maximum atomic E-state index is 3.73. The molecule has 1 heterocycles. The highest BCUT2D eigenvalue weighted by molar-refractivity contribution is 5.57. The summed E-state index contributed by atoms with van der Waals surface area (Å²) in [7, 11) is 0. The summed E-state index contributed by atoms with van der Waals surface area (Å²) in [6.45, 7) is 8.98. The predicted molar refractivity (Wildman–Crippen MR) is 86.3 cm³/mol. The monoisotopic (exact) mass is 272 g/mol. The van der Waals surface area contributed by atoms with E-state index in [1.165, 1.54) is 48.9 Å². The zero-order valence-electron chi connectivity index (χ0n) is 13.2. The third-order valence-electron chi connectivity index (χ3n) is 4.88. The number of nitrogens with one attached hydrogen (secondary N) is 1. The lowest BCUT2D eigenvalue weighted by Crippen LogP contribution is -2.50. The van der Waals surface area contributed by atoms with Crippen molar-refractivity contribution in [1.29, 1.82) is 0 Å². The van der Waals surface area contributed by atoms with Crippen LogP contribution in [0.5, 0.6) is 0 Å². The van der Waals surface area contributed by atoms with Gasteiger partial charge in [-0.15, -0.1) is 0 Å². The van der Waals surface area contributed by atoms with E-state index in [1.54, 1.807) is 0 Å². The predicted octanol–water partition coefficient (Wildman–Crippen LogP) is 4.02. The first-order valence-electron chi connectivity index (χ1n) is 8.16. The van der Waals surface area contributed by atoms with Crippen LogP contribution in [-0.2, 0) is 6.54 Å². The molecule has 110 valence electrons. The summed E-state index contributed by atoms with van der Waals surface area (Å²) >= 11 is 0. The second kappa shape index (κ2) is 5.40. The number of hydrogen-bond donors (Lipinski definition) is 1. The molecule has 0 aromatic heterocycles. The van der Waals surface area contributed by atoms with Crippen LogP contribution in [0.2, 0.25) is 0 Å². The summed E-state index contributed by atoms with van der Waals surface area (Å²) in [5, 5.41) is 3.73. The molecule has 0 spiro atoms. The van der Waals surface area contributed by atoms with Gasteiger partial charge in [0.15, 0.2) is 0 Å². The van der Waals surface area contributed by atoms with Gasteiger partial charge in [-0.05, 0) is 45.2 Å². The third kappa shape index (κ3) is 2.85. The van der Waals surface area contributed by atoms with Crippen molar-refractivity contribution < 1.29 is 0 Å². The van der Waals surface area contributed by atoms with E-state index in [4.69, 9.17) is 0 Å². The van der Waals surface area contributed by atoms with Gasteiger partial charge in [-0.25, -0.2) is 0 Å². The normalized spacial score (nSPS) is 23.2. The first-order chi connectivity index (χ1) is 9.55. The zero-order valence-corrected chi connectivity index (χ0v) is 13.2. The molecule has 2 heteroatoms. The Balaban J connectivity index is 1.96. The van der Waals surface area contributed by atoms with Gasteiger partial charge in [0.2, 0.25) is 0 Å². The summed E-state index contributed by atoms with van der Waals surface area (Å²) in [6.07, 6.45) is 6.95. The molecule has 0 radical (unpaired) electrons. The topological polar surface area (TPSA) is 15.3 Å². The fourth-order valence-electron chi connectivity index (χ4n) is 3.76. The molecule has 0 saturated heterocycles. The number of fused-ring (bicyclic) bond motifs is 1. The van der Waals surface area contributed by atoms with Crippen LogP contribution in [0.15, 0.2) is 18.2 Å². The maximum Gasteiger partial charge on any atom is 0.0415 e. The maximum absolute atomic E-state index is 3.73. The number of hydrogen-bond acceptors (Lipinski definition) is 2. The highest BCUT2D eigenvalue weighted by atomic mass is 15.2. The summed E-state index contributed by atoms with van der Waals surface area (Å²) in [4.78, 5) is 2.70. The standard InChI is InChI=1S/C18H28N2/c1-14-9-10-17-15(11-14)12-19-18(2,3)13-20(17)16-7-5-4-6-8-16/h9-11,16,19H,4-8,12-13H2,1-3H3. The van der Waals surface area contributed by atoms with Crippen LogP contribution in [0.3, 0.4) is 0 Å². The van der Waals surface area contributed by atoms with Crippen molar-refractivity contribution >= 4 is 5.69 Å². The van der Waals surface area contributed by atoms with E-state index in [2.05, 4.69) is 49.2 Å². The van der Waals surface area contributed by atoms with Gasteiger partial charge in [-0.3, -0.25) is 0 Å². The molecule has 0 amide bonds. The van der Waals surface area contributed by atoms with Crippen molar-refractivity contribution in [3.05, 3.63) is 29.3 Å². The van der Waals surface area contributed by atoms with Crippen LogP contribution >= 0.6 is 0 Å². The van der Waals surface area contributed by atoms with Crippen LogP contribution in [0.25, 0.3) is 0 Å². The number of anilines is 1. The van der Waals surface area contributed by atoms with Gasteiger partial charge in [0.1, 0.15) is 0 Å². The lowest BCUT2D eigenvalue weighted by Gasteiger charge is -2.40. The van der Waals surface area contributed by atoms with Crippen LogP contribution in [0.4, 0.5) is 5.69 Å². The Kier molecular flexibility index (Phi) is 3.76. The molecule has 0 bridgehead atoms. The van der Waals surface area contributed by atoms with Crippen LogP contribution < -0.4 is 10.2 Å². The Morgan fingerprint density at radius 2 is 1.90 bits per heavy atom. The van der Waals surface area contributed by atoms with E-state index < -0.39 is 0 Å². The van der Waals surface area contributed by atoms with E-state index in [1.807, 2.05) is 0 Å². The van der Waals surface area contributed by atoms with Gasteiger partial charge in [0.25, 0.3) is 0 Å². The summed E-state index contributed by atoms with van der Waals surface area (Å²) < 4.78 is 0. The van der Waals surface area contributed by atoms with Crippen molar-refractivity contribution in [2.24, 2.45) is 0 Å². The molecule has 1 aromatic rings. The fraction of sp³-hybridized carbons (Fsp3) is 0.667. The van der Waals surface area contributed by atoms with Gasteiger partial charge < -0.3 is 10.2 Å². The molecular formula is C18H28N2. The Bertz CT molecular complexity index is 472. The smallest absolute Gasteiger partial charge is 0.0415 e. The molecule has 1 aliphatic heterocycles. The number of aryl methyl sites for hydroxylation is 1. The lowest BCUT2D eigenvalue weighted by molar-refractivity contribution is 0.353. The van der Waals surface area contributed by atoms with Crippen molar-refractivity contribution in [3.8, 4) is 0 Å². The summed E-state index contributed by atoms with van der Waals surface area (Å²) in [6, 6.07) is 7.72. The van der Waals surface area contributed by atoms with Gasteiger partial charge >= 0.3 is 0 Å². The average molecular weight is 272 g/mol.